The number of rotatable bonds is 5. The first-order chi connectivity index (χ1) is 9.89. The number of nitrogens with one attached hydrogen (secondary N) is 1. The number of benzene rings is 1. The molecule has 0 heterocycles. The Balaban J connectivity index is 2.44. The van der Waals surface area contributed by atoms with Crippen molar-refractivity contribution in [3.8, 4) is 0 Å². The van der Waals surface area contributed by atoms with Crippen molar-refractivity contribution in [2.45, 2.75) is 65.8 Å². The van der Waals surface area contributed by atoms with Crippen LogP contribution in [0.4, 0.5) is 0 Å². The van der Waals surface area contributed by atoms with Gasteiger partial charge in [0.2, 0.25) is 0 Å². The lowest BCUT2D eigenvalue weighted by molar-refractivity contribution is 0.161. The van der Waals surface area contributed by atoms with Crippen LogP contribution in [0.2, 0.25) is 5.02 Å². The largest absolute Gasteiger partial charge is 0.313 e. The average molecular weight is 308 g/mol. The van der Waals surface area contributed by atoms with Crippen LogP contribution in [0.1, 0.15) is 68.7 Å². The van der Waals surface area contributed by atoms with E-state index >= 15 is 0 Å². The average Bonchev–Trinajstić information content (AvgIpc) is 2.84. The molecule has 1 unspecified atom stereocenters. The molecule has 0 aromatic heterocycles. The van der Waals surface area contributed by atoms with Gasteiger partial charge >= 0.3 is 0 Å². The molecule has 0 amide bonds. The number of hydrogen-bond donors (Lipinski definition) is 1. The smallest absolute Gasteiger partial charge is 0.0438 e. The van der Waals surface area contributed by atoms with Crippen molar-refractivity contribution in [2.24, 2.45) is 11.3 Å². The molecule has 1 saturated carbocycles. The predicted molar refractivity (Wildman–Crippen MR) is 93.1 cm³/mol. The molecule has 118 valence electrons. The second-order valence-electron chi connectivity index (χ2n) is 7.35. The highest BCUT2D eigenvalue weighted by molar-refractivity contribution is 6.31. The lowest BCUT2D eigenvalue weighted by Crippen LogP contribution is -2.36. The summed E-state index contributed by atoms with van der Waals surface area (Å²) in [5.74, 6) is 0.743. The zero-order chi connectivity index (χ0) is 15.6. The van der Waals surface area contributed by atoms with Gasteiger partial charge in [0.05, 0.1) is 0 Å². The fourth-order valence-corrected chi connectivity index (χ4v) is 4.63. The zero-order valence-corrected chi connectivity index (χ0v) is 15.0. The standard InChI is InChI=1S/C19H30ClN/c1-13(2)12-19(8-6-7-9-19)18(21-5)16-10-15(4)17(20)11-14(16)3/h10-11,13,18,21H,6-9,12H2,1-5H3. The maximum Gasteiger partial charge on any atom is 0.0438 e. The maximum absolute atomic E-state index is 6.29. The second-order valence-corrected chi connectivity index (χ2v) is 7.75. The highest BCUT2D eigenvalue weighted by atomic mass is 35.5. The van der Waals surface area contributed by atoms with Crippen molar-refractivity contribution in [2.75, 3.05) is 7.05 Å². The third-order valence-corrected chi connectivity index (χ3v) is 5.58. The summed E-state index contributed by atoms with van der Waals surface area (Å²) >= 11 is 6.29. The van der Waals surface area contributed by atoms with Gasteiger partial charge < -0.3 is 5.32 Å². The van der Waals surface area contributed by atoms with Crippen molar-refractivity contribution in [3.63, 3.8) is 0 Å². The summed E-state index contributed by atoms with van der Waals surface area (Å²) in [4.78, 5) is 0. The lowest BCUT2D eigenvalue weighted by atomic mass is 9.69. The minimum Gasteiger partial charge on any atom is -0.313 e. The van der Waals surface area contributed by atoms with Crippen molar-refractivity contribution >= 4 is 11.6 Å². The quantitative estimate of drug-likeness (QED) is 0.722. The SMILES string of the molecule is CNC(c1cc(C)c(Cl)cc1C)C1(CC(C)C)CCCC1. The molecule has 0 saturated heterocycles. The Kier molecular flexibility index (Phi) is 5.38. The van der Waals surface area contributed by atoms with Gasteiger partial charge in [-0.2, -0.15) is 0 Å². The Morgan fingerprint density at radius 3 is 2.29 bits per heavy atom. The van der Waals surface area contributed by atoms with Crippen LogP contribution in [0.15, 0.2) is 12.1 Å². The normalized spacial score (nSPS) is 19.2. The van der Waals surface area contributed by atoms with E-state index in [1.807, 2.05) is 0 Å². The van der Waals surface area contributed by atoms with E-state index in [4.69, 9.17) is 11.6 Å². The lowest BCUT2D eigenvalue weighted by Gasteiger charge is -2.40. The zero-order valence-electron chi connectivity index (χ0n) is 14.2. The van der Waals surface area contributed by atoms with Crippen LogP contribution < -0.4 is 5.32 Å². The molecule has 0 spiro atoms. The van der Waals surface area contributed by atoms with Crippen LogP contribution in [0.3, 0.4) is 0 Å². The topological polar surface area (TPSA) is 12.0 Å². The molecule has 2 heteroatoms. The van der Waals surface area contributed by atoms with Crippen molar-refractivity contribution in [1.82, 2.24) is 5.32 Å². The van der Waals surface area contributed by atoms with Crippen molar-refractivity contribution in [3.05, 3.63) is 33.8 Å². The van der Waals surface area contributed by atoms with E-state index in [-0.39, 0.29) is 0 Å². The monoisotopic (exact) mass is 307 g/mol. The van der Waals surface area contributed by atoms with Gasteiger partial charge in [-0.05, 0) is 74.2 Å². The molecule has 1 aromatic rings. The first-order valence-corrected chi connectivity index (χ1v) is 8.71. The van der Waals surface area contributed by atoms with Crippen LogP contribution >= 0.6 is 11.6 Å². The molecule has 0 aliphatic heterocycles. The molecule has 1 aliphatic carbocycles. The summed E-state index contributed by atoms with van der Waals surface area (Å²) in [5.41, 5.74) is 4.37. The van der Waals surface area contributed by atoms with Gasteiger partial charge in [-0.25, -0.2) is 0 Å². The van der Waals surface area contributed by atoms with E-state index in [9.17, 15) is 0 Å². The van der Waals surface area contributed by atoms with E-state index in [0.29, 0.717) is 11.5 Å². The van der Waals surface area contributed by atoms with Gasteiger partial charge in [-0.3, -0.25) is 0 Å². The Hall–Kier alpha value is -0.530. The molecule has 1 aliphatic rings. The molecule has 1 fully saturated rings. The van der Waals surface area contributed by atoms with Crippen LogP contribution in [-0.2, 0) is 0 Å². The first kappa shape index (κ1) is 16.8. The minimum atomic E-state index is 0.411. The Bertz CT molecular complexity index is 487. The summed E-state index contributed by atoms with van der Waals surface area (Å²) in [7, 11) is 2.12. The molecular formula is C19H30ClN. The first-order valence-electron chi connectivity index (χ1n) is 8.33. The highest BCUT2D eigenvalue weighted by Gasteiger charge is 2.42. The fraction of sp³-hybridized carbons (Fsp3) is 0.684. The van der Waals surface area contributed by atoms with Crippen LogP contribution in [0.25, 0.3) is 0 Å². The second kappa shape index (κ2) is 6.71. The Morgan fingerprint density at radius 1 is 1.14 bits per heavy atom. The molecule has 21 heavy (non-hydrogen) atoms. The van der Waals surface area contributed by atoms with E-state index < -0.39 is 0 Å². The highest BCUT2D eigenvalue weighted by Crippen LogP contribution is 2.52. The molecule has 0 radical (unpaired) electrons. The van der Waals surface area contributed by atoms with E-state index in [1.165, 1.54) is 48.8 Å². The third-order valence-electron chi connectivity index (χ3n) is 5.17. The Morgan fingerprint density at radius 2 is 1.76 bits per heavy atom. The van der Waals surface area contributed by atoms with Gasteiger partial charge in [0, 0.05) is 11.1 Å². The van der Waals surface area contributed by atoms with E-state index in [0.717, 1.165) is 10.9 Å². The third kappa shape index (κ3) is 3.46. The van der Waals surface area contributed by atoms with Gasteiger partial charge in [0.25, 0.3) is 0 Å². The van der Waals surface area contributed by atoms with Crippen LogP contribution in [-0.4, -0.2) is 7.05 Å². The summed E-state index contributed by atoms with van der Waals surface area (Å²) in [6.07, 6.45) is 6.74. The van der Waals surface area contributed by atoms with Gasteiger partial charge in [-0.15, -0.1) is 0 Å². The number of halogens is 1. The molecule has 0 bridgehead atoms. The number of aryl methyl sites for hydroxylation is 2. The Labute approximate surface area is 135 Å². The van der Waals surface area contributed by atoms with Crippen molar-refractivity contribution < 1.29 is 0 Å². The molecule has 1 atom stereocenters. The summed E-state index contributed by atoms with van der Waals surface area (Å²) in [5, 5.41) is 4.54. The molecular weight excluding hydrogens is 278 g/mol. The predicted octanol–water partition coefficient (Wildman–Crippen LogP) is 5.82. The van der Waals surface area contributed by atoms with Crippen molar-refractivity contribution in [1.29, 1.82) is 0 Å². The molecule has 2 rings (SSSR count). The van der Waals surface area contributed by atoms with Gasteiger partial charge in [0.15, 0.2) is 0 Å². The fourth-order valence-electron chi connectivity index (χ4n) is 4.41. The van der Waals surface area contributed by atoms with E-state index in [2.05, 4.69) is 52.2 Å². The number of hydrogen-bond acceptors (Lipinski definition) is 1. The van der Waals surface area contributed by atoms with Gasteiger partial charge in [-0.1, -0.05) is 44.4 Å². The minimum absolute atomic E-state index is 0.411. The summed E-state index contributed by atoms with van der Waals surface area (Å²) in [6.45, 7) is 9.02. The molecule has 1 N–H and O–H groups in total. The van der Waals surface area contributed by atoms with Crippen LogP contribution in [0, 0.1) is 25.2 Å². The summed E-state index contributed by atoms with van der Waals surface area (Å²) in [6, 6.07) is 4.88. The molecule has 1 nitrogen and oxygen atoms in total. The maximum atomic E-state index is 6.29. The van der Waals surface area contributed by atoms with Crippen LogP contribution in [0.5, 0.6) is 0 Å². The molecule has 1 aromatic carbocycles. The summed E-state index contributed by atoms with van der Waals surface area (Å²) < 4.78 is 0. The van der Waals surface area contributed by atoms with Gasteiger partial charge in [0.1, 0.15) is 0 Å². The van der Waals surface area contributed by atoms with E-state index in [1.54, 1.807) is 0 Å².